The average Bonchev–Trinajstić information content (AvgIpc) is 2.84. The lowest BCUT2D eigenvalue weighted by Crippen LogP contribution is -2.12. The van der Waals surface area contributed by atoms with E-state index in [0.717, 1.165) is 16.8 Å². The molecule has 1 atom stereocenters. The summed E-state index contributed by atoms with van der Waals surface area (Å²) in [6.45, 7) is 2.41. The Morgan fingerprint density at radius 3 is 3.05 bits per heavy atom. The molecule has 0 amide bonds. The van der Waals surface area contributed by atoms with Gasteiger partial charge in [-0.05, 0) is 36.8 Å². The number of methoxy groups -OCH3 is 1. The van der Waals surface area contributed by atoms with Gasteiger partial charge in [-0.1, -0.05) is 16.8 Å². The minimum absolute atomic E-state index is 0.0772. The largest absolute Gasteiger partial charge is 0.495 e. The van der Waals surface area contributed by atoms with Crippen LogP contribution in [-0.2, 0) is 4.84 Å². The van der Waals surface area contributed by atoms with E-state index < -0.39 is 0 Å². The van der Waals surface area contributed by atoms with E-state index in [4.69, 9.17) is 21.2 Å². The van der Waals surface area contributed by atoms with Gasteiger partial charge in [0, 0.05) is 12.0 Å². The molecule has 0 radical (unpaired) electrons. The van der Waals surface area contributed by atoms with E-state index in [1.807, 2.05) is 19.1 Å². The molecule has 1 heterocycles. The molecule has 4 nitrogen and oxygen atoms in total. The van der Waals surface area contributed by atoms with Crippen molar-refractivity contribution in [3.05, 3.63) is 28.3 Å². The number of benzene rings is 1. The monoisotopic (exact) mass is 296 g/mol. The van der Waals surface area contributed by atoms with Crippen LogP contribution in [0.25, 0.3) is 0 Å². The Bertz CT molecular complexity index is 545. The molecule has 100 valence electrons. The van der Waals surface area contributed by atoms with Gasteiger partial charge in [0.2, 0.25) is 0 Å². The van der Waals surface area contributed by atoms with E-state index in [0.29, 0.717) is 23.7 Å². The molecule has 19 heavy (non-hydrogen) atoms. The van der Waals surface area contributed by atoms with Gasteiger partial charge >= 0.3 is 0 Å². The molecule has 0 aromatic heterocycles. The Balaban J connectivity index is 2.18. The third-order valence-electron chi connectivity index (χ3n) is 2.86. The number of halogens is 1. The molecule has 0 saturated heterocycles. The summed E-state index contributed by atoms with van der Waals surface area (Å²) < 4.78 is 5.23. The SMILES string of the molecule is COc1c(C)cc(C2=NOC(CN=C=S)C2)cc1Cl. The zero-order valence-corrected chi connectivity index (χ0v) is 12.2. The van der Waals surface area contributed by atoms with Crippen molar-refractivity contribution in [1.29, 1.82) is 0 Å². The van der Waals surface area contributed by atoms with Crippen LogP contribution in [0, 0.1) is 6.92 Å². The molecule has 2 rings (SSSR count). The topological polar surface area (TPSA) is 43.2 Å². The van der Waals surface area contributed by atoms with Crippen LogP contribution in [0.5, 0.6) is 5.75 Å². The highest BCUT2D eigenvalue weighted by molar-refractivity contribution is 7.78. The van der Waals surface area contributed by atoms with Crippen molar-refractivity contribution >= 4 is 34.7 Å². The van der Waals surface area contributed by atoms with Gasteiger partial charge < -0.3 is 9.57 Å². The first-order chi connectivity index (χ1) is 9.15. The molecule has 0 fully saturated rings. The number of hydrogen-bond acceptors (Lipinski definition) is 5. The molecule has 1 aliphatic rings. The summed E-state index contributed by atoms with van der Waals surface area (Å²) in [5.74, 6) is 0.687. The van der Waals surface area contributed by atoms with E-state index >= 15 is 0 Å². The van der Waals surface area contributed by atoms with E-state index in [1.54, 1.807) is 7.11 Å². The van der Waals surface area contributed by atoms with Gasteiger partial charge in [-0.3, -0.25) is 0 Å². The lowest BCUT2D eigenvalue weighted by molar-refractivity contribution is 0.0924. The molecule has 0 N–H and O–H groups in total. The third kappa shape index (κ3) is 3.13. The minimum atomic E-state index is -0.0772. The second kappa shape index (κ2) is 6.15. The number of thiocarbonyl (C=S) groups is 1. The quantitative estimate of drug-likeness (QED) is 0.633. The van der Waals surface area contributed by atoms with Gasteiger partial charge in [0.15, 0.2) is 6.10 Å². The zero-order valence-electron chi connectivity index (χ0n) is 10.6. The molecular formula is C13H13ClN2O2S. The summed E-state index contributed by atoms with van der Waals surface area (Å²) in [4.78, 5) is 9.16. The number of ether oxygens (including phenoxy) is 1. The van der Waals surface area contributed by atoms with Crippen molar-refractivity contribution in [2.75, 3.05) is 13.7 Å². The number of nitrogens with zero attached hydrogens (tertiary/aromatic N) is 2. The van der Waals surface area contributed by atoms with Crippen molar-refractivity contribution in [2.24, 2.45) is 10.1 Å². The normalized spacial score (nSPS) is 17.4. The number of aliphatic imine (C=N–C) groups is 1. The lowest BCUT2D eigenvalue weighted by atomic mass is 10.0. The van der Waals surface area contributed by atoms with Crippen LogP contribution in [0.1, 0.15) is 17.5 Å². The fourth-order valence-corrected chi connectivity index (χ4v) is 2.41. The lowest BCUT2D eigenvalue weighted by Gasteiger charge is -2.09. The van der Waals surface area contributed by atoms with Gasteiger partial charge in [0.1, 0.15) is 5.75 Å². The third-order valence-corrected chi connectivity index (χ3v) is 3.27. The van der Waals surface area contributed by atoms with Crippen molar-refractivity contribution < 1.29 is 9.57 Å². The van der Waals surface area contributed by atoms with Crippen molar-refractivity contribution in [2.45, 2.75) is 19.4 Å². The predicted octanol–water partition coefficient (Wildman–Crippen LogP) is 3.25. The van der Waals surface area contributed by atoms with Gasteiger partial charge in [-0.2, -0.15) is 0 Å². The van der Waals surface area contributed by atoms with Crippen LogP contribution in [0.2, 0.25) is 5.02 Å². The Morgan fingerprint density at radius 1 is 1.63 bits per heavy atom. The summed E-state index contributed by atoms with van der Waals surface area (Å²) in [5, 5.41) is 6.97. The summed E-state index contributed by atoms with van der Waals surface area (Å²) in [5.41, 5.74) is 2.77. The number of isothiocyanates is 1. The van der Waals surface area contributed by atoms with Crippen LogP contribution in [0.3, 0.4) is 0 Å². The van der Waals surface area contributed by atoms with Gasteiger partial charge in [-0.25, -0.2) is 4.99 Å². The molecule has 0 spiro atoms. The van der Waals surface area contributed by atoms with Crippen molar-refractivity contribution in [1.82, 2.24) is 0 Å². The van der Waals surface area contributed by atoms with Crippen LogP contribution in [-0.4, -0.2) is 30.6 Å². The molecule has 1 aromatic carbocycles. The van der Waals surface area contributed by atoms with E-state index in [-0.39, 0.29) is 6.10 Å². The van der Waals surface area contributed by atoms with Crippen LogP contribution in [0.15, 0.2) is 22.3 Å². The predicted molar refractivity (Wildman–Crippen MR) is 78.7 cm³/mol. The van der Waals surface area contributed by atoms with Gasteiger partial charge in [0.05, 0.1) is 29.6 Å². The van der Waals surface area contributed by atoms with E-state index in [1.165, 1.54) is 0 Å². The molecule has 6 heteroatoms. The summed E-state index contributed by atoms with van der Waals surface area (Å²) in [6.07, 6.45) is 0.606. The molecule has 0 aliphatic carbocycles. The highest BCUT2D eigenvalue weighted by Crippen LogP contribution is 2.31. The Hall–Kier alpha value is -1.42. The molecule has 1 aliphatic heterocycles. The number of aryl methyl sites for hydroxylation is 1. The average molecular weight is 297 g/mol. The number of oxime groups is 1. The maximum Gasteiger partial charge on any atom is 0.153 e. The smallest absolute Gasteiger partial charge is 0.153 e. The maximum atomic E-state index is 6.17. The van der Waals surface area contributed by atoms with Crippen molar-refractivity contribution in [3.63, 3.8) is 0 Å². The molecule has 1 unspecified atom stereocenters. The second-order valence-corrected chi connectivity index (χ2v) is 4.80. The molecule has 0 bridgehead atoms. The first-order valence-electron chi connectivity index (χ1n) is 5.76. The van der Waals surface area contributed by atoms with Gasteiger partial charge in [0.25, 0.3) is 0 Å². The Morgan fingerprint density at radius 2 is 2.42 bits per heavy atom. The molecule has 0 saturated carbocycles. The Kier molecular flexibility index (Phi) is 4.53. The second-order valence-electron chi connectivity index (χ2n) is 4.21. The fraction of sp³-hybridized carbons (Fsp3) is 0.385. The zero-order chi connectivity index (χ0) is 13.8. The van der Waals surface area contributed by atoms with Crippen LogP contribution in [0.4, 0.5) is 0 Å². The first-order valence-corrected chi connectivity index (χ1v) is 6.55. The Labute approximate surface area is 122 Å². The van der Waals surface area contributed by atoms with E-state index in [9.17, 15) is 0 Å². The van der Waals surface area contributed by atoms with E-state index in [2.05, 4.69) is 27.5 Å². The number of hydrogen-bond donors (Lipinski definition) is 0. The number of rotatable bonds is 4. The van der Waals surface area contributed by atoms with Gasteiger partial charge in [-0.15, -0.1) is 0 Å². The minimum Gasteiger partial charge on any atom is -0.495 e. The van der Waals surface area contributed by atoms with Crippen molar-refractivity contribution in [3.8, 4) is 5.75 Å². The molecule has 1 aromatic rings. The highest BCUT2D eigenvalue weighted by Gasteiger charge is 2.23. The summed E-state index contributed by atoms with van der Waals surface area (Å²) in [7, 11) is 1.60. The van der Waals surface area contributed by atoms with Crippen LogP contribution >= 0.6 is 23.8 Å². The molecular weight excluding hydrogens is 284 g/mol. The summed E-state index contributed by atoms with van der Waals surface area (Å²) >= 11 is 10.7. The first kappa shape index (κ1) is 14.0. The highest BCUT2D eigenvalue weighted by atomic mass is 35.5. The summed E-state index contributed by atoms with van der Waals surface area (Å²) in [6, 6.07) is 3.82. The fourth-order valence-electron chi connectivity index (χ4n) is 1.99. The standard InChI is InChI=1S/C13H13ClN2O2S/c1-8-3-9(4-11(14)13(8)17-2)12-5-10(18-16-12)6-15-7-19/h3-4,10H,5-6H2,1-2H3. The maximum absolute atomic E-state index is 6.17. The van der Waals surface area contributed by atoms with Crippen LogP contribution < -0.4 is 4.74 Å².